The molecular weight excluding hydrogens is 357 g/mol. The third-order valence-corrected chi connectivity index (χ3v) is 4.78. The molecule has 0 bridgehead atoms. The molecule has 1 aromatic rings. The number of likely N-dealkylation sites (N-methyl/N-ethyl adjacent to an activating group) is 1. The minimum Gasteiger partial charge on any atom is -0.353 e. The number of rotatable bonds is 6. The first-order valence-electron chi connectivity index (χ1n) is 7.86. The van der Waals surface area contributed by atoms with Crippen LogP contribution in [0.3, 0.4) is 0 Å². The molecule has 2 heterocycles. The molecule has 1 aliphatic heterocycles. The molecule has 2 amide bonds. The SMILES string of the molecule is CN(CC(=O)NCC(N1CCNCC1)C(F)(F)F)C(=O)c1cccs1. The first kappa shape index (κ1) is 19.7. The van der Waals surface area contributed by atoms with Crippen LogP contribution in [0, 0.1) is 0 Å². The van der Waals surface area contributed by atoms with E-state index in [9.17, 15) is 22.8 Å². The fourth-order valence-corrected chi connectivity index (χ4v) is 3.31. The lowest BCUT2D eigenvalue weighted by Crippen LogP contribution is -2.58. The number of nitrogens with one attached hydrogen (secondary N) is 2. The van der Waals surface area contributed by atoms with Crippen molar-refractivity contribution >= 4 is 23.2 Å². The van der Waals surface area contributed by atoms with Gasteiger partial charge in [0.1, 0.15) is 6.04 Å². The molecule has 25 heavy (non-hydrogen) atoms. The highest BCUT2D eigenvalue weighted by atomic mass is 32.1. The molecule has 1 aromatic heterocycles. The highest BCUT2D eigenvalue weighted by molar-refractivity contribution is 7.12. The number of hydrogen-bond donors (Lipinski definition) is 2. The lowest BCUT2D eigenvalue weighted by molar-refractivity contribution is -0.184. The van der Waals surface area contributed by atoms with E-state index < -0.39 is 24.7 Å². The normalized spacial score (nSPS) is 17.1. The minimum atomic E-state index is -4.43. The van der Waals surface area contributed by atoms with Gasteiger partial charge in [-0.2, -0.15) is 13.2 Å². The smallest absolute Gasteiger partial charge is 0.353 e. The Balaban J connectivity index is 1.86. The van der Waals surface area contributed by atoms with Gasteiger partial charge in [0.2, 0.25) is 5.91 Å². The van der Waals surface area contributed by atoms with Crippen molar-refractivity contribution in [3.05, 3.63) is 22.4 Å². The molecule has 0 radical (unpaired) electrons. The molecule has 0 spiro atoms. The van der Waals surface area contributed by atoms with Crippen LogP contribution >= 0.6 is 11.3 Å². The highest BCUT2D eigenvalue weighted by Gasteiger charge is 2.43. The molecule has 1 aliphatic rings. The van der Waals surface area contributed by atoms with Crippen molar-refractivity contribution in [2.75, 3.05) is 46.3 Å². The van der Waals surface area contributed by atoms with Gasteiger partial charge in [-0.05, 0) is 11.4 Å². The number of halogens is 3. The van der Waals surface area contributed by atoms with Crippen molar-refractivity contribution in [1.82, 2.24) is 20.4 Å². The lowest BCUT2D eigenvalue weighted by atomic mass is 10.2. The second-order valence-corrected chi connectivity index (χ2v) is 6.73. The van der Waals surface area contributed by atoms with Gasteiger partial charge >= 0.3 is 6.18 Å². The fraction of sp³-hybridized carbons (Fsp3) is 0.600. The summed E-state index contributed by atoms with van der Waals surface area (Å²) in [6, 6.07) is 1.62. The van der Waals surface area contributed by atoms with E-state index in [4.69, 9.17) is 0 Å². The van der Waals surface area contributed by atoms with Gasteiger partial charge < -0.3 is 15.5 Å². The Labute approximate surface area is 148 Å². The third-order valence-electron chi connectivity index (χ3n) is 3.92. The number of carbonyl (C=O) groups excluding carboxylic acids is 2. The van der Waals surface area contributed by atoms with Crippen molar-refractivity contribution in [3.63, 3.8) is 0 Å². The summed E-state index contributed by atoms with van der Waals surface area (Å²) in [5.74, 6) is -0.948. The predicted molar refractivity (Wildman–Crippen MR) is 88.6 cm³/mol. The van der Waals surface area contributed by atoms with Crippen LogP contribution in [0.4, 0.5) is 13.2 Å². The van der Waals surface area contributed by atoms with Crippen molar-refractivity contribution in [1.29, 1.82) is 0 Å². The third kappa shape index (κ3) is 5.68. The number of thiophene rings is 1. The second-order valence-electron chi connectivity index (χ2n) is 5.79. The maximum absolute atomic E-state index is 13.3. The Morgan fingerprint density at radius 1 is 1.40 bits per heavy atom. The maximum atomic E-state index is 13.3. The van der Waals surface area contributed by atoms with Crippen LogP contribution in [0.15, 0.2) is 17.5 Å². The van der Waals surface area contributed by atoms with Crippen molar-refractivity contribution < 1.29 is 22.8 Å². The van der Waals surface area contributed by atoms with Gasteiger partial charge in [0.05, 0.1) is 11.4 Å². The summed E-state index contributed by atoms with van der Waals surface area (Å²) < 4.78 is 39.8. The summed E-state index contributed by atoms with van der Waals surface area (Å²) in [5.41, 5.74) is 0. The van der Waals surface area contributed by atoms with Crippen molar-refractivity contribution in [2.45, 2.75) is 12.2 Å². The van der Waals surface area contributed by atoms with E-state index in [1.807, 2.05) is 0 Å². The van der Waals surface area contributed by atoms with Gasteiger partial charge in [0.15, 0.2) is 0 Å². The van der Waals surface area contributed by atoms with E-state index in [0.29, 0.717) is 18.0 Å². The molecule has 140 valence electrons. The number of amides is 2. The van der Waals surface area contributed by atoms with Gasteiger partial charge in [0, 0.05) is 39.8 Å². The molecule has 0 aromatic carbocycles. The van der Waals surface area contributed by atoms with E-state index in [1.165, 1.54) is 28.2 Å². The zero-order chi connectivity index (χ0) is 18.4. The number of alkyl halides is 3. The van der Waals surface area contributed by atoms with E-state index in [2.05, 4.69) is 10.6 Å². The Morgan fingerprint density at radius 3 is 2.64 bits per heavy atom. The summed E-state index contributed by atoms with van der Waals surface area (Å²) in [5, 5.41) is 7.04. The number of nitrogens with zero attached hydrogens (tertiary/aromatic N) is 2. The Bertz CT molecular complexity index is 574. The molecule has 1 fully saturated rings. The maximum Gasteiger partial charge on any atom is 0.405 e. The zero-order valence-corrected chi connectivity index (χ0v) is 14.6. The molecule has 2 N–H and O–H groups in total. The zero-order valence-electron chi connectivity index (χ0n) is 13.8. The Hall–Kier alpha value is -1.65. The minimum absolute atomic E-state index is 0.275. The topological polar surface area (TPSA) is 64.7 Å². The summed E-state index contributed by atoms with van der Waals surface area (Å²) in [6.45, 7) is 0.705. The molecule has 0 aliphatic carbocycles. The summed E-state index contributed by atoms with van der Waals surface area (Å²) in [4.78, 5) is 27.0. The van der Waals surface area contributed by atoms with E-state index >= 15 is 0 Å². The average molecular weight is 378 g/mol. The number of carbonyl (C=O) groups is 2. The van der Waals surface area contributed by atoms with Crippen LogP contribution in [0.2, 0.25) is 0 Å². The molecular formula is C15H21F3N4O2S. The molecule has 6 nitrogen and oxygen atoms in total. The van der Waals surface area contributed by atoms with Gasteiger partial charge in [-0.3, -0.25) is 14.5 Å². The first-order valence-corrected chi connectivity index (χ1v) is 8.74. The molecule has 1 saturated heterocycles. The first-order chi connectivity index (χ1) is 11.8. The predicted octanol–water partition coefficient (Wildman–Crippen LogP) is 0.772. The Kier molecular flexibility index (Phi) is 6.79. The molecule has 1 atom stereocenters. The fourth-order valence-electron chi connectivity index (χ4n) is 2.59. The molecule has 1 unspecified atom stereocenters. The van der Waals surface area contributed by atoms with Crippen LogP contribution in [0.25, 0.3) is 0 Å². The van der Waals surface area contributed by atoms with Gasteiger partial charge in [-0.1, -0.05) is 6.07 Å². The summed E-state index contributed by atoms with van der Waals surface area (Å²) in [6.07, 6.45) is -4.43. The lowest BCUT2D eigenvalue weighted by Gasteiger charge is -2.36. The van der Waals surface area contributed by atoms with E-state index in [1.54, 1.807) is 17.5 Å². The monoisotopic (exact) mass is 378 g/mol. The van der Waals surface area contributed by atoms with Gasteiger partial charge in [-0.25, -0.2) is 0 Å². The van der Waals surface area contributed by atoms with Crippen LogP contribution in [0.5, 0.6) is 0 Å². The average Bonchev–Trinajstić information content (AvgIpc) is 3.08. The van der Waals surface area contributed by atoms with Crippen LogP contribution < -0.4 is 10.6 Å². The van der Waals surface area contributed by atoms with Crippen molar-refractivity contribution in [3.8, 4) is 0 Å². The number of hydrogen-bond acceptors (Lipinski definition) is 5. The Morgan fingerprint density at radius 2 is 2.08 bits per heavy atom. The summed E-state index contributed by atoms with van der Waals surface area (Å²) in [7, 11) is 1.44. The van der Waals surface area contributed by atoms with Crippen LogP contribution in [0.1, 0.15) is 9.67 Å². The van der Waals surface area contributed by atoms with Gasteiger partial charge in [-0.15, -0.1) is 11.3 Å². The highest BCUT2D eigenvalue weighted by Crippen LogP contribution is 2.24. The molecule has 10 heteroatoms. The van der Waals surface area contributed by atoms with E-state index in [0.717, 1.165) is 0 Å². The quantitative estimate of drug-likeness (QED) is 0.768. The van der Waals surface area contributed by atoms with Crippen molar-refractivity contribution in [2.24, 2.45) is 0 Å². The number of piperazine rings is 1. The van der Waals surface area contributed by atoms with Crippen LogP contribution in [-0.2, 0) is 4.79 Å². The largest absolute Gasteiger partial charge is 0.405 e. The van der Waals surface area contributed by atoms with E-state index in [-0.39, 0.29) is 25.5 Å². The van der Waals surface area contributed by atoms with Gasteiger partial charge in [0.25, 0.3) is 5.91 Å². The van der Waals surface area contributed by atoms with Crippen LogP contribution in [-0.4, -0.2) is 80.1 Å². The standard InChI is InChI=1S/C15H21F3N4O2S/c1-21(14(24)11-3-2-8-25-11)10-13(23)20-9-12(15(16,17)18)22-6-4-19-5-7-22/h2-3,8,12,19H,4-7,9-10H2,1H3,(H,20,23). The molecule has 2 rings (SSSR count). The summed E-state index contributed by atoms with van der Waals surface area (Å²) >= 11 is 1.24. The second kappa shape index (κ2) is 8.63. The molecule has 0 saturated carbocycles.